The molecule has 10 heteroatoms. The van der Waals surface area contributed by atoms with Crippen molar-refractivity contribution in [3.8, 4) is 0 Å². The lowest BCUT2D eigenvalue weighted by molar-refractivity contribution is -0.115. The summed E-state index contributed by atoms with van der Waals surface area (Å²) in [6, 6.07) is 10.3. The van der Waals surface area contributed by atoms with E-state index in [2.05, 4.69) is 5.32 Å². The van der Waals surface area contributed by atoms with E-state index in [1.54, 1.807) is 0 Å². The zero-order chi connectivity index (χ0) is 21.1. The molecule has 1 aliphatic heterocycles. The zero-order valence-corrected chi connectivity index (χ0v) is 17.2. The second-order valence-corrected chi connectivity index (χ2v) is 10.8. The van der Waals surface area contributed by atoms with Gasteiger partial charge >= 0.3 is 0 Å². The molecule has 7 nitrogen and oxygen atoms in total. The summed E-state index contributed by atoms with van der Waals surface area (Å²) in [5, 5.41) is 2.53. The fraction of sp³-hybridized carbons (Fsp3) is 0.316. The second kappa shape index (κ2) is 8.60. The Labute approximate surface area is 169 Å². The van der Waals surface area contributed by atoms with Gasteiger partial charge < -0.3 is 5.32 Å². The number of anilines is 1. The fourth-order valence-electron chi connectivity index (χ4n) is 3.02. The average Bonchev–Trinajstić information content (AvgIpc) is 3.23. The largest absolute Gasteiger partial charge is 0.326 e. The summed E-state index contributed by atoms with van der Waals surface area (Å²) in [7, 11) is -7.35. The van der Waals surface area contributed by atoms with Crippen LogP contribution in [0.15, 0.2) is 58.3 Å². The molecule has 2 aromatic carbocycles. The fourth-order valence-corrected chi connectivity index (χ4v) is 5.83. The van der Waals surface area contributed by atoms with Gasteiger partial charge in [0.2, 0.25) is 15.9 Å². The quantitative estimate of drug-likeness (QED) is 0.667. The Morgan fingerprint density at radius 1 is 0.966 bits per heavy atom. The minimum absolute atomic E-state index is 0.0644. The molecule has 0 bridgehead atoms. The first-order valence-electron chi connectivity index (χ1n) is 9.07. The first-order chi connectivity index (χ1) is 13.7. The summed E-state index contributed by atoms with van der Waals surface area (Å²) < 4.78 is 64.1. The molecule has 1 saturated heterocycles. The summed E-state index contributed by atoms with van der Waals surface area (Å²) in [5.74, 6) is -1.56. The molecule has 0 atom stereocenters. The SMILES string of the molecule is O=C(CCS(=O)(=O)c1ccc(F)cc1)Nc1cccc(S(=O)(=O)N2CCCC2)c1. The van der Waals surface area contributed by atoms with Crippen molar-refractivity contribution in [2.45, 2.75) is 29.1 Å². The summed E-state index contributed by atoms with van der Waals surface area (Å²) in [6.45, 7) is 0.945. The van der Waals surface area contributed by atoms with E-state index in [0.717, 1.165) is 37.1 Å². The number of carbonyl (C=O) groups is 1. The first-order valence-corrected chi connectivity index (χ1v) is 12.2. The highest BCUT2D eigenvalue weighted by atomic mass is 32.2. The lowest BCUT2D eigenvalue weighted by Crippen LogP contribution is -2.28. The number of hydrogen-bond acceptors (Lipinski definition) is 5. The maximum absolute atomic E-state index is 12.9. The van der Waals surface area contributed by atoms with Crippen LogP contribution in [0.4, 0.5) is 10.1 Å². The Morgan fingerprint density at radius 2 is 1.62 bits per heavy atom. The molecular formula is C19H21FN2O5S2. The predicted octanol–water partition coefficient (Wildman–Crippen LogP) is 2.41. The number of rotatable bonds is 7. The van der Waals surface area contributed by atoms with Gasteiger partial charge in [-0.05, 0) is 55.3 Å². The molecule has 2 aromatic rings. The van der Waals surface area contributed by atoms with E-state index in [1.807, 2.05) is 0 Å². The third-order valence-electron chi connectivity index (χ3n) is 4.59. The summed E-state index contributed by atoms with van der Waals surface area (Å²) in [6.07, 6.45) is 1.32. The molecule has 0 spiro atoms. The van der Waals surface area contributed by atoms with Crippen LogP contribution in [0.1, 0.15) is 19.3 Å². The van der Waals surface area contributed by atoms with E-state index in [4.69, 9.17) is 0 Å². The Hall–Kier alpha value is -2.30. The van der Waals surface area contributed by atoms with Crippen molar-refractivity contribution in [2.24, 2.45) is 0 Å². The van der Waals surface area contributed by atoms with Crippen molar-refractivity contribution in [3.63, 3.8) is 0 Å². The number of nitrogens with zero attached hydrogens (tertiary/aromatic N) is 1. The van der Waals surface area contributed by atoms with Gasteiger partial charge in [-0.15, -0.1) is 0 Å². The van der Waals surface area contributed by atoms with Crippen LogP contribution >= 0.6 is 0 Å². The first kappa shape index (κ1) is 21.4. The Morgan fingerprint density at radius 3 is 2.28 bits per heavy atom. The van der Waals surface area contributed by atoms with E-state index < -0.39 is 37.3 Å². The van der Waals surface area contributed by atoms with Crippen molar-refractivity contribution in [2.75, 3.05) is 24.2 Å². The third-order valence-corrected chi connectivity index (χ3v) is 8.22. The van der Waals surface area contributed by atoms with Crippen LogP contribution in [-0.4, -0.2) is 45.9 Å². The molecule has 1 fully saturated rings. The molecule has 29 heavy (non-hydrogen) atoms. The van der Waals surface area contributed by atoms with Crippen molar-refractivity contribution >= 4 is 31.5 Å². The number of nitrogens with one attached hydrogen (secondary N) is 1. The van der Waals surface area contributed by atoms with Crippen molar-refractivity contribution in [1.82, 2.24) is 4.31 Å². The number of hydrogen-bond donors (Lipinski definition) is 1. The number of sulfonamides is 1. The van der Waals surface area contributed by atoms with Gasteiger partial charge in [-0.3, -0.25) is 4.79 Å². The van der Waals surface area contributed by atoms with Gasteiger partial charge in [0.05, 0.1) is 15.5 Å². The predicted molar refractivity (Wildman–Crippen MR) is 106 cm³/mol. The summed E-state index contributed by atoms with van der Waals surface area (Å²) >= 11 is 0. The highest BCUT2D eigenvalue weighted by Gasteiger charge is 2.27. The molecule has 1 N–H and O–H groups in total. The molecular weight excluding hydrogens is 419 g/mol. The third kappa shape index (κ3) is 5.20. The Balaban J connectivity index is 1.64. The van der Waals surface area contributed by atoms with Crippen molar-refractivity contribution in [1.29, 1.82) is 0 Å². The molecule has 0 aromatic heterocycles. The molecule has 0 aliphatic carbocycles. The Kier molecular flexibility index (Phi) is 6.35. The highest BCUT2D eigenvalue weighted by Crippen LogP contribution is 2.23. The normalized spacial score (nSPS) is 15.3. The molecule has 156 valence electrons. The maximum Gasteiger partial charge on any atom is 0.243 e. The topological polar surface area (TPSA) is 101 Å². The van der Waals surface area contributed by atoms with Gasteiger partial charge in [0, 0.05) is 25.2 Å². The lowest BCUT2D eigenvalue weighted by Gasteiger charge is -2.16. The van der Waals surface area contributed by atoms with Crippen LogP contribution < -0.4 is 5.32 Å². The van der Waals surface area contributed by atoms with Crippen LogP contribution in [0.2, 0.25) is 0 Å². The maximum atomic E-state index is 12.9. The van der Waals surface area contributed by atoms with E-state index in [9.17, 15) is 26.0 Å². The number of amides is 1. The van der Waals surface area contributed by atoms with E-state index in [1.165, 1.54) is 28.6 Å². The van der Waals surface area contributed by atoms with Crippen LogP contribution in [0.3, 0.4) is 0 Å². The number of sulfone groups is 1. The van der Waals surface area contributed by atoms with Gasteiger partial charge in [-0.25, -0.2) is 21.2 Å². The van der Waals surface area contributed by atoms with Gasteiger partial charge in [-0.2, -0.15) is 4.31 Å². The van der Waals surface area contributed by atoms with Gasteiger partial charge in [-0.1, -0.05) is 6.07 Å². The second-order valence-electron chi connectivity index (χ2n) is 6.71. The van der Waals surface area contributed by atoms with E-state index in [-0.39, 0.29) is 21.9 Å². The lowest BCUT2D eigenvalue weighted by atomic mass is 10.3. The van der Waals surface area contributed by atoms with Crippen LogP contribution in [-0.2, 0) is 24.7 Å². The highest BCUT2D eigenvalue weighted by molar-refractivity contribution is 7.91. The standard InChI is InChI=1S/C19H21FN2O5S2/c20-15-6-8-17(9-7-15)28(24,25)13-10-19(23)21-16-4-3-5-18(14-16)29(26,27)22-11-1-2-12-22/h3-9,14H,1-2,10-13H2,(H,21,23). The van der Waals surface area contributed by atoms with Gasteiger partial charge in [0.25, 0.3) is 0 Å². The van der Waals surface area contributed by atoms with Gasteiger partial charge in [0.15, 0.2) is 9.84 Å². The van der Waals surface area contributed by atoms with Gasteiger partial charge in [0.1, 0.15) is 5.82 Å². The molecule has 3 rings (SSSR count). The molecule has 1 aliphatic rings. The van der Waals surface area contributed by atoms with Crippen LogP contribution in [0.25, 0.3) is 0 Å². The van der Waals surface area contributed by atoms with Crippen LogP contribution in [0.5, 0.6) is 0 Å². The number of benzene rings is 2. The smallest absolute Gasteiger partial charge is 0.243 e. The molecule has 0 radical (unpaired) electrons. The van der Waals surface area contributed by atoms with E-state index >= 15 is 0 Å². The zero-order valence-electron chi connectivity index (χ0n) is 15.5. The molecule has 0 saturated carbocycles. The van der Waals surface area contributed by atoms with E-state index in [0.29, 0.717) is 13.1 Å². The number of carbonyl (C=O) groups excluding carboxylic acids is 1. The Bertz CT molecular complexity index is 1090. The molecule has 1 heterocycles. The summed E-state index contributed by atoms with van der Waals surface area (Å²) in [4.78, 5) is 12.2. The summed E-state index contributed by atoms with van der Waals surface area (Å²) in [5.41, 5.74) is 0.273. The minimum Gasteiger partial charge on any atom is -0.326 e. The average molecular weight is 441 g/mol. The molecule has 0 unspecified atom stereocenters. The van der Waals surface area contributed by atoms with Crippen LogP contribution in [0, 0.1) is 5.82 Å². The van der Waals surface area contributed by atoms with Crippen molar-refractivity contribution < 1.29 is 26.0 Å². The minimum atomic E-state index is -3.74. The number of halogens is 1. The van der Waals surface area contributed by atoms with Crippen molar-refractivity contribution in [3.05, 3.63) is 54.3 Å². The monoisotopic (exact) mass is 440 g/mol. The molecule has 1 amide bonds.